The number of nitrogens with zero attached hydrogens (tertiary/aromatic N) is 5. The lowest BCUT2D eigenvalue weighted by molar-refractivity contribution is 0.405. The molecule has 0 aliphatic heterocycles. The van der Waals surface area contributed by atoms with Crippen LogP contribution in [0, 0.1) is 6.92 Å². The molecule has 38 heavy (non-hydrogen) atoms. The second-order valence-corrected chi connectivity index (χ2v) is 8.33. The van der Waals surface area contributed by atoms with Crippen molar-refractivity contribution >= 4 is 34.2 Å². The summed E-state index contributed by atoms with van der Waals surface area (Å²) in [6.07, 6.45) is 0. The Balaban J connectivity index is 1.56. The zero-order chi connectivity index (χ0) is 26.6. The number of nitrogens with one attached hydrogen (secondary N) is 2. The first-order chi connectivity index (χ1) is 18.4. The molecule has 0 radical (unpaired) electrons. The number of fused-ring (bicyclic) bond motifs is 1. The summed E-state index contributed by atoms with van der Waals surface area (Å²) in [4.78, 5) is 31.5. The topological polar surface area (TPSA) is 136 Å². The molecule has 0 spiro atoms. The molecular weight excluding hydrogens is 486 g/mol. The highest BCUT2D eigenvalue weighted by atomic mass is 16.5. The normalized spacial score (nSPS) is 10.8. The van der Waals surface area contributed by atoms with Gasteiger partial charge in [0.15, 0.2) is 5.82 Å². The minimum absolute atomic E-state index is 0.0687. The number of aromatic nitrogens is 5. The van der Waals surface area contributed by atoms with Gasteiger partial charge in [0.25, 0.3) is 5.56 Å². The molecular formula is C27H25N7O4. The van der Waals surface area contributed by atoms with Gasteiger partial charge in [-0.15, -0.1) is 0 Å². The zero-order valence-corrected chi connectivity index (χ0v) is 21.0. The zero-order valence-electron chi connectivity index (χ0n) is 21.0. The highest BCUT2D eigenvalue weighted by Gasteiger charge is 2.14. The van der Waals surface area contributed by atoms with Crippen LogP contribution in [-0.4, -0.2) is 43.8 Å². The van der Waals surface area contributed by atoms with Gasteiger partial charge in [0.05, 0.1) is 37.4 Å². The van der Waals surface area contributed by atoms with Gasteiger partial charge in [-0.2, -0.15) is 15.0 Å². The third kappa shape index (κ3) is 5.16. The van der Waals surface area contributed by atoms with E-state index in [1.807, 2.05) is 6.07 Å². The van der Waals surface area contributed by atoms with Gasteiger partial charge in [-0.3, -0.25) is 9.36 Å². The van der Waals surface area contributed by atoms with Crippen LogP contribution in [0.15, 0.2) is 71.5 Å². The Kier molecular flexibility index (Phi) is 6.72. The molecule has 0 fully saturated rings. The summed E-state index contributed by atoms with van der Waals surface area (Å²) >= 11 is 0. The van der Waals surface area contributed by atoms with Crippen molar-refractivity contribution in [3.63, 3.8) is 0 Å². The number of anilines is 4. The largest absolute Gasteiger partial charge is 0.508 e. The number of aryl methyl sites for hydroxylation is 1. The number of ether oxygens (including phenoxy) is 2. The molecule has 5 aromatic rings. The Morgan fingerprint density at radius 2 is 1.61 bits per heavy atom. The summed E-state index contributed by atoms with van der Waals surface area (Å²) in [6, 6.07) is 19.0. The number of hydrogen-bond acceptors (Lipinski definition) is 10. The number of hydrogen-bond donors (Lipinski definition) is 3. The number of aromatic hydroxyl groups is 1. The molecule has 0 aliphatic rings. The van der Waals surface area contributed by atoms with Crippen LogP contribution in [0.4, 0.5) is 23.3 Å². The average molecular weight is 512 g/mol. The summed E-state index contributed by atoms with van der Waals surface area (Å²) in [5.41, 5.74) is 1.68. The third-order valence-electron chi connectivity index (χ3n) is 5.81. The molecule has 0 unspecified atom stereocenters. The molecule has 3 N–H and O–H groups in total. The average Bonchev–Trinajstić information content (AvgIpc) is 2.92. The molecule has 3 aromatic carbocycles. The number of methoxy groups -OCH3 is 2. The van der Waals surface area contributed by atoms with Gasteiger partial charge in [-0.25, -0.2) is 4.98 Å². The van der Waals surface area contributed by atoms with Gasteiger partial charge in [0.1, 0.15) is 23.1 Å². The summed E-state index contributed by atoms with van der Waals surface area (Å²) in [6.45, 7) is 1.84. The highest BCUT2D eigenvalue weighted by molar-refractivity contribution is 5.77. The van der Waals surface area contributed by atoms with Crippen LogP contribution in [0.3, 0.4) is 0 Å². The molecule has 11 nitrogen and oxygen atoms in total. The predicted octanol–water partition coefficient (Wildman–Crippen LogP) is 4.15. The standard InChI is InChI=1S/C27H25N7O4/c1-16-28-21-7-5-4-6-20(21)25(36)34(16)15-24-31-26(29-17-8-10-18(35)11-9-17)33-27(32-24)30-22-14-19(37-2)12-13-23(22)38-3/h4-14,35H,15H2,1-3H3,(H2,29,30,31,32,33). The van der Waals surface area contributed by atoms with E-state index in [1.165, 1.54) is 4.57 Å². The SMILES string of the molecule is COc1ccc(OC)c(Nc2nc(Cn3c(C)nc4ccccc4c3=O)nc(Nc3ccc(O)cc3)n2)c1. The smallest absolute Gasteiger partial charge is 0.261 e. The molecule has 0 aliphatic carbocycles. The monoisotopic (exact) mass is 511 g/mol. The van der Waals surface area contributed by atoms with Crippen LogP contribution in [0.25, 0.3) is 10.9 Å². The van der Waals surface area contributed by atoms with Crippen LogP contribution in [0.5, 0.6) is 17.2 Å². The number of rotatable bonds is 8. The number of phenols is 1. The molecule has 2 heterocycles. The Hall–Kier alpha value is -5.19. The predicted molar refractivity (Wildman–Crippen MR) is 144 cm³/mol. The van der Waals surface area contributed by atoms with Crippen molar-refractivity contribution in [3.8, 4) is 17.2 Å². The maximum Gasteiger partial charge on any atom is 0.261 e. The van der Waals surface area contributed by atoms with E-state index in [4.69, 9.17) is 9.47 Å². The van der Waals surface area contributed by atoms with Gasteiger partial charge in [0.2, 0.25) is 11.9 Å². The fraction of sp³-hybridized carbons (Fsp3) is 0.148. The minimum Gasteiger partial charge on any atom is -0.508 e. The van der Waals surface area contributed by atoms with Gasteiger partial charge in [-0.05, 0) is 55.5 Å². The van der Waals surface area contributed by atoms with E-state index < -0.39 is 0 Å². The van der Waals surface area contributed by atoms with Crippen LogP contribution >= 0.6 is 0 Å². The number of benzene rings is 3. The van der Waals surface area contributed by atoms with Crippen LogP contribution < -0.4 is 25.7 Å². The van der Waals surface area contributed by atoms with Crippen molar-refractivity contribution in [3.05, 3.63) is 88.7 Å². The fourth-order valence-corrected chi connectivity index (χ4v) is 3.92. The molecule has 0 bridgehead atoms. The van der Waals surface area contributed by atoms with E-state index in [2.05, 4.69) is 30.6 Å². The van der Waals surface area contributed by atoms with Crippen molar-refractivity contribution in [1.29, 1.82) is 0 Å². The van der Waals surface area contributed by atoms with E-state index in [0.29, 0.717) is 45.4 Å². The Bertz CT molecular complexity index is 1670. The Labute approximate surface area is 217 Å². The molecule has 0 amide bonds. The molecule has 2 aromatic heterocycles. The molecule has 5 rings (SSSR count). The van der Waals surface area contributed by atoms with Crippen LogP contribution in [0.2, 0.25) is 0 Å². The van der Waals surface area contributed by atoms with Gasteiger partial charge >= 0.3 is 0 Å². The van der Waals surface area contributed by atoms with Crippen molar-refractivity contribution in [2.24, 2.45) is 0 Å². The van der Waals surface area contributed by atoms with Crippen molar-refractivity contribution < 1.29 is 14.6 Å². The second kappa shape index (κ2) is 10.4. The van der Waals surface area contributed by atoms with E-state index in [-0.39, 0.29) is 29.8 Å². The fourth-order valence-electron chi connectivity index (χ4n) is 3.92. The number of para-hydroxylation sites is 1. The third-order valence-corrected chi connectivity index (χ3v) is 5.81. The molecule has 192 valence electrons. The molecule has 0 saturated heterocycles. The molecule has 0 saturated carbocycles. The molecule has 11 heteroatoms. The van der Waals surface area contributed by atoms with E-state index >= 15 is 0 Å². The minimum atomic E-state index is -0.189. The summed E-state index contributed by atoms with van der Waals surface area (Å²) < 4.78 is 12.3. The maximum atomic E-state index is 13.3. The first kappa shape index (κ1) is 24.5. The quantitative estimate of drug-likeness (QED) is 0.261. The summed E-state index contributed by atoms with van der Waals surface area (Å²) in [5, 5.41) is 16.4. The Morgan fingerprint density at radius 1 is 0.868 bits per heavy atom. The van der Waals surface area contributed by atoms with E-state index in [0.717, 1.165) is 0 Å². The van der Waals surface area contributed by atoms with Gasteiger partial charge in [0, 0.05) is 11.8 Å². The highest BCUT2D eigenvalue weighted by Crippen LogP contribution is 2.31. The Morgan fingerprint density at radius 3 is 2.34 bits per heavy atom. The van der Waals surface area contributed by atoms with Crippen LogP contribution in [-0.2, 0) is 6.54 Å². The lowest BCUT2D eigenvalue weighted by atomic mass is 10.2. The van der Waals surface area contributed by atoms with E-state index in [9.17, 15) is 9.90 Å². The van der Waals surface area contributed by atoms with Gasteiger partial charge < -0.3 is 25.2 Å². The van der Waals surface area contributed by atoms with Crippen molar-refractivity contribution in [2.45, 2.75) is 13.5 Å². The van der Waals surface area contributed by atoms with Crippen molar-refractivity contribution in [1.82, 2.24) is 24.5 Å². The first-order valence-electron chi connectivity index (χ1n) is 11.7. The summed E-state index contributed by atoms with van der Waals surface area (Å²) in [5.74, 6) is 2.64. The van der Waals surface area contributed by atoms with Crippen LogP contribution in [0.1, 0.15) is 11.6 Å². The second-order valence-electron chi connectivity index (χ2n) is 8.33. The molecule has 0 atom stereocenters. The van der Waals surface area contributed by atoms with Gasteiger partial charge in [-0.1, -0.05) is 12.1 Å². The lowest BCUT2D eigenvalue weighted by Crippen LogP contribution is -2.25. The van der Waals surface area contributed by atoms with E-state index in [1.54, 1.807) is 81.8 Å². The first-order valence-corrected chi connectivity index (χ1v) is 11.7. The van der Waals surface area contributed by atoms with Crippen molar-refractivity contribution in [2.75, 3.05) is 24.9 Å². The summed E-state index contributed by atoms with van der Waals surface area (Å²) in [7, 11) is 3.13. The number of phenolic OH excluding ortho intramolecular Hbond substituents is 1. The maximum absolute atomic E-state index is 13.3. The lowest BCUT2D eigenvalue weighted by Gasteiger charge is -2.15.